The number of likely N-dealkylation sites (tertiary alicyclic amines) is 1. The van der Waals surface area contributed by atoms with E-state index >= 15 is 0 Å². The first-order valence-electron chi connectivity index (χ1n) is 7.85. The number of anilines is 1. The van der Waals surface area contributed by atoms with E-state index in [-0.39, 0.29) is 0 Å². The molecule has 112 valence electrons. The van der Waals surface area contributed by atoms with Gasteiger partial charge in [0.25, 0.3) is 0 Å². The molecule has 1 aromatic carbocycles. The Hall–Kier alpha value is -0.540. The summed E-state index contributed by atoms with van der Waals surface area (Å²) in [5.41, 5.74) is 2.72. The van der Waals surface area contributed by atoms with Gasteiger partial charge in [-0.25, -0.2) is 0 Å². The molecule has 0 unspecified atom stereocenters. The van der Waals surface area contributed by atoms with Crippen LogP contribution in [0.2, 0.25) is 0 Å². The van der Waals surface area contributed by atoms with Crippen LogP contribution in [-0.2, 0) is 6.42 Å². The van der Waals surface area contributed by atoms with Gasteiger partial charge >= 0.3 is 0 Å². The lowest BCUT2D eigenvalue weighted by molar-refractivity contribution is 0.198. The molecular weight excluding hydrogens is 312 g/mol. The van der Waals surface area contributed by atoms with Crippen molar-refractivity contribution >= 4 is 21.6 Å². The number of benzene rings is 1. The van der Waals surface area contributed by atoms with Crippen LogP contribution < -0.4 is 5.32 Å². The third kappa shape index (κ3) is 4.49. The lowest BCUT2D eigenvalue weighted by atomic mass is 10.0. The zero-order chi connectivity index (χ0) is 14.5. The van der Waals surface area contributed by atoms with E-state index in [4.69, 9.17) is 0 Å². The van der Waals surface area contributed by atoms with Gasteiger partial charge in [0, 0.05) is 35.8 Å². The van der Waals surface area contributed by atoms with Crippen molar-refractivity contribution in [2.75, 3.05) is 25.0 Å². The Balaban J connectivity index is 1.89. The lowest BCUT2D eigenvalue weighted by Crippen LogP contribution is -2.40. The van der Waals surface area contributed by atoms with E-state index in [2.05, 4.69) is 65.1 Å². The number of hydrogen-bond acceptors (Lipinski definition) is 2. The maximum absolute atomic E-state index is 3.75. The van der Waals surface area contributed by atoms with Crippen molar-refractivity contribution in [2.24, 2.45) is 5.92 Å². The SMILES string of the molecule is CCc1cc(Br)ccc1NC1CCN(CC(C)C)CC1. The average Bonchev–Trinajstić information content (AvgIpc) is 2.42. The summed E-state index contributed by atoms with van der Waals surface area (Å²) in [5, 5.41) is 3.75. The summed E-state index contributed by atoms with van der Waals surface area (Å²) in [6, 6.07) is 7.21. The molecule has 20 heavy (non-hydrogen) atoms. The molecule has 0 amide bonds. The Kier molecular flexibility index (Phi) is 5.91. The minimum Gasteiger partial charge on any atom is -0.382 e. The van der Waals surface area contributed by atoms with E-state index in [0.29, 0.717) is 6.04 Å². The number of aryl methyl sites for hydroxylation is 1. The van der Waals surface area contributed by atoms with Gasteiger partial charge in [0.1, 0.15) is 0 Å². The third-order valence-electron chi connectivity index (χ3n) is 4.02. The van der Waals surface area contributed by atoms with Crippen LogP contribution in [0.15, 0.2) is 22.7 Å². The summed E-state index contributed by atoms with van der Waals surface area (Å²) >= 11 is 3.56. The maximum Gasteiger partial charge on any atom is 0.0375 e. The molecule has 1 aliphatic heterocycles. The van der Waals surface area contributed by atoms with Crippen LogP contribution in [0.1, 0.15) is 39.2 Å². The molecule has 0 saturated carbocycles. The van der Waals surface area contributed by atoms with Crippen molar-refractivity contribution in [1.82, 2.24) is 4.90 Å². The van der Waals surface area contributed by atoms with Crippen LogP contribution in [0.5, 0.6) is 0 Å². The Bertz CT molecular complexity index is 423. The molecule has 1 fully saturated rings. The Labute approximate surface area is 132 Å². The monoisotopic (exact) mass is 338 g/mol. The van der Waals surface area contributed by atoms with E-state index in [1.165, 1.54) is 48.2 Å². The smallest absolute Gasteiger partial charge is 0.0375 e. The zero-order valence-corrected chi connectivity index (χ0v) is 14.5. The number of rotatable bonds is 5. The zero-order valence-electron chi connectivity index (χ0n) is 13.0. The fraction of sp³-hybridized carbons (Fsp3) is 0.647. The molecule has 0 aromatic heterocycles. The minimum absolute atomic E-state index is 0.630. The number of hydrogen-bond donors (Lipinski definition) is 1. The van der Waals surface area contributed by atoms with Crippen molar-refractivity contribution in [3.63, 3.8) is 0 Å². The largest absolute Gasteiger partial charge is 0.382 e. The highest BCUT2D eigenvalue weighted by Crippen LogP contribution is 2.24. The van der Waals surface area contributed by atoms with Gasteiger partial charge in [-0.15, -0.1) is 0 Å². The van der Waals surface area contributed by atoms with E-state index in [1.807, 2.05) is 0 Å². The van der Waals surface area contributed by atoms with Crippen molar-refractivity contribution in [3.05, 3.63) is 28.2 Å². The molecule has 1 saturated heterocycles. The molecule has 3 heteroatoms. The second-order valence-corrected chi connectivity index (χ2v) is 7.18. The van der Waals surface area contributed by atoms with Gasteiger partial charge in [0.05, 0.1) is 0 Å². The fourth-order valence-corrected chi connectivity index (χ4v) is 3.40. The van der Waals surface area contributed by atoms with Crippen LogP contribution in [0, 0.1) is 5.92 Å². The molecule has 0 atom stereocenters. The average molecular weight is 339 g/mol. The van der Waals surface area contributed by atoms with E-state index in [9.17, 15) is 0 Å². The highest BCUT2D eigenvalue weighted by Gasteiger charge is 2.19. The molecule has 2 rings (SSSR count). The van der Waals surface area contributed by atoms with E-state index < -0.39 is 0 Å². The molecule has 2 nitrogen and oxygen atoms in total. The van der Waals surface area contributed by atoms with Crippen LogP contribution >= 0.6 is 15.9 Å². The first kappa shape index (κ1) is 15.8. The topological polar surface area (TPSA) is 15.3 Å². The Morgan fingerprint density at radius 3 is 2.60 bits per heavy atom. The van der Waals surface area contributed by atoms with Gasteiger partial charge in [-0.2, -0.15) is 0 Å². The highest BCUT2D eigenvalue weighted by molar-refractivity contribution is 9.10. The normalized spacial score (nSPS) is 17.6. The Morgan fingerprint density at radius 1 is 1.30 bits per heavy atom. The predicted molar refractivity (Wildman–Crippen MR) is 91.4 cm³/mol. The van der Waals surface area contributed by atoms with Gasteiger partial charge in [-0.3, -0.25) is 0 Å². The Morgan fingerprint density at radius 2 is 2.00 bits per heavy atom. The standard InChI is InChI=1S/C17H27BrN2/c1-4-14-11-15(18)5-6-17(14)19-16-7-9-20(10-8-16)12-13(2)3/h5-6,11,13,16,19H,4,7-10,12H2,1-3H3. The summed E-state index contributed by atoms with van der Waals surface area (Å²) < 4.78 is 1.17. The fourth-order valence-electron chi connectivity index (χ4n) is 2.99. The summed E-state index contributed by atoms with van der Waals surface area (Å²) in [6.45, 7) is 10.5. The maximum atomic E-state index is 3.75. The first-order chi connectivity index (χ1) is 9.58. The molecule has 0 bridgehead atoms. The molecule has 1 heterocycles. The number of nitrogens with one attached hydrogen (secondary N) is 1. The summed E-state index contributed by atoms with van der Waals surface area (Å²) in [6.07, 6.45) is 3.59. The van der Waals surface area contributed by atoms with Crippen molar-refractivity contribution in [1.29, 1.82) is 0 Å². The minimum atomic E-state index is 0.630. The highest BCUT2D eigenvalue weighted by atomic mass is 79.9. The molecule has 1 N–H and O–H groups in total. The van der Waals surface area contributed by atoms with Crippen molar-refractivity contribution < 1.29 is 0 Å². The van der Waals surface area contributed by atoms with Gasteiger partial charge in [-0.1, -0.05) is 36.7 Å². The van der Waals surface area contributed by atoms with E-state index in [1.54, 1.807) is 0 Å². The first-order valence-corrected chi connectivity index (χ1v) is 8.65. The summed E-state index contributed by atoms with van der Waals surface area (Å²) in [7, 11) is 0. The van der Waals surface area contributed by atoms with Crippen LogP contribution in [0.3, 0.4) is 0 Å². The number of piperidine rings is 1. The molecule has 0 spiro atoms. The van der Waals surface area contributed by atoms with Crippen LogP contribution in [-0.4, -0.2) is 30.6 Å². The number of halogens is 1. The lowest BCUT2D eigenvalue weighted by Gasteiger charge is -2.34. The van der Waals surface area contributed by atoms with E-state index in [0.717, 1.165) is 12.3 Å². The second-order valence-electron chi connectivity index (χ2n) is 6.27. The molecule has 1 aromatic rings. The van der Waals surface area contributed by atoms with Crippen LogP contribution in [0.4, 0.5) is 5.69 Å². The third-order valence-corrected chi connectivity index (χ3v) is 4.51. The van der Waals surface area contributed by atoms with Crippen LogP contribution in [0.25, 0.3) is 0 Å². The molecule has 1 aliphatic rings. The van der Waals surface area contributed by atoms with Gasteiger partial charge in [0.2, 0.25) is 0 Å². The number of nitrogens with zero attached hydrogens (tertiary/aromatic N) is 1. The van der Waals surface area contributed by atoms with Crippen molar-refractivity contribution in [3.8, 4) is 0 Å². The van der Waals surface area contributed by atoms with Gasteiger partial charge in [0.15, 0.2) is 0 Å². The van der Waals surface area contributed by atoms with Gasteiger partial charge in [-0.05, 0) is 48.9 Å². The quantitative estimate of drug-likeness (QED) is 0.847. The molecule has 0 aliphatic carbocycles. The summed E-state index contributed by atoms with van der Waals surface area (Å²) in [4.78, 5) is 2.60. The predicted octanol–water partition coefficient (Wildman–Crippen LogP) is 4.54. The van der Waals surface area contributed by atoms with Crippen molar-refractivity contribution in [2.45, 2.75) is 46.1 Å². The summed E-state index contributed by atoms with van der Waals surface area (Å²) in [5.74, 6) is 0.776. The van der Waals surface area contributed by atoms with Gasteiger partial charge < -0.3 is 10.2 Å². The molecule has 0 radical (unpaired) electrons. The molecular formula is C17H27BrN2. The second kappa shape index (κ2) is 7.46.